The summed E-state index contributed by atoms with van der Waals surface area (Å²) >= 11 is 0. The summed E-state index contributed by atoms with van der Waals surface area (Å²) in [5.74, 6) is -0.140. The lowest BCUT2D eigenvalue weighted by atomic mass is 9.60. The molecular formula is C18H18O4. The minimum atomic E-state index is -1.28. The molecule has 22 heavy (non-hydrogen) atoms. The third-order valence-corrected chi connectivity index (χ3v) is 5.32. The SMILES string of the molecule is CC(C)c1ccc2c(c1)[C@H](O)C(=O)C13C=COC21CC=C3O. The Morgan fingerprint density at radius 3 is 2.86 bits per heavy atom. The lowest BCUT2D eigenvalue weighted by Crippen LogP contribution is -2.52. The van der Waals surface area contributed by atoms with Crippen LogP contribution in [0.5, 0.6) is 0 Å². The minimum absolute atomic E-state index is 0.0242. The fraction of sp³-hybridized carbons (Fsp3) is 0.389. The van der Waals surface area contributed by atoms with Crippen LogP contribution in [0.15, 0.2) is 42.4 Å². The van der Waals surface area contributed by atoms with Crippen LogP contribution in [0.25, 0.3) is 0 Å². The molecule has 2 aliphatic carbocycles. The van der Waals surface area contributed by atoms with E-state index in [1.165, 1.54) is 6.26 Å². The van der Waals surface area contributed by atoms with Gasteiger partial charge in [0, 0.05) is 12.0 Å². The van der Waals surface area contributed by atoms with Crippen molar-refractivity contribution in [2.75, 3.05) is 0 Å². The van der Waals surface area contributed by atoms with Crippen molar-refractivity contribution >= 4 is 5.78 Å². The van der Waals surface area contributed by atoms with Crippen molar-refractivity contribution in [3.8, 4) is 0 Å². The number of benzene rings is 1. The van der Waals surface area contributed by atoms with Crippen molar-refractivity contribution in [2.45, 2.75) is 37.9 Å². The average molecular weight is 298 g/mol. The second kappa shape index (κ2) is 4.02. The molecule has 0 saturated carbocycles. The molecule has 4 rings (SSSR count). The maximum atomic E-state index is 12.9. The number of fused-ring (bicyclic) bond motifs is 1. The van der Waals surface area contributed by atoms with Crippen LogP contribution in [0.4, 0.5) is 0 Å². The van der Waals surface area contributed by atoms with Crippen molar-refractivity contribution in [1.29, 1.82) is 0 Å². The zero-order valence-electron chi connectivity index (χ0n) is 12.5. The smallest absolute Gasteiger partial charge is 0.187 e. The van der Waals surface area contributed by atoms with Gasteiger partial charge >= 0.3 is 0 Å². The maximum Gasteiger partial charge on any atom is 0.187 e. The third kappa shape index (κ3) is 1.26. The lowest BCUT2D eigenvalue weighted by Gasteiger charge is -2.44. The van der Waals surface area contributed by atoms with E-state index in [0.29, 0.717) is 17.9 Å². The molecule has 0 fully saturated rings. The van der Waals surface area contributed by atoms with E-state index in [2.05, 4.69) is 13.8 Å². The molecule has 0 bridgehead atoms. The number of hydrogen-bond donors (Lipinski definition) is 2. The van der Waals surface area contributed by atoms with Crippen LogP contribution in [0.1, 0.15) is 49.0 Å². The standard InChI is InChI=1S/C18H18O4/c1-10(2)11-3-4-13-12(9-11)15(20)16(21)17-7-8-22-18(13,17)6-5-14(17)19/h3-5,7-10,15,19-20H,6H2,1-2H3/t15-,17?,18?/m0/s1. The van der Waals surface area contributed by atoms with Gasteiger partial charge in [-0.3, -0.25) is 4.79 Å². The lowest BCUT2D eigenvalue weighted by molar-refractivity contribution is -0.149. The Morgan fingerprint density at radius 1 is 1.36 bits per heavy atom. The fourth-order valence-electron chi connectivity index (χ4n) is 4.07. The summed E-state index contributed by atoms with van der Waals surface area (Å²) in [5.41, 5.74) is 0.223. The Bertz CT molecular complexity index is 745. The van der Waals surface area contributed by atoms with Gasteiger partial charge in [-0.15, -0.1) is 0 Å². The van der Waals surface area contributed by atoms with Gasteiger partial charge in [0.25, 0.3) is 0 Å². The van der Waals surface area contributed by atoms with Crippen molar-refractivity contribution in [2.24, 2.45) is 5.41 Å². The summed E-state index contributed by atoms with van der Waals surface area (Å²) in [6.45, 7) is 4.13. The molecule has 114 valence electrons. The number of hydrogen-bond acceptors (Lipinski definition) is 4. The van der Waals surface area contributed by atoms with Gasteiger partial charge in [-0.25, -0.2) is 0 Å². The summed E-state index contributed by atoms with van der Waals surface area (Å²) in [4.78, 5) is 12.9. The predicted octanol–water partition coefficient (Wildman–Crippen LogP) is 3.00. The number of aliphatic hydroxyl groups excluding tert-OH is 2. The molecular weight excluding hydrogens is 280 g/mol. The van der Waals surface area contributed by atoms with Crippen LogP contribution >= 0.6 is 0 Å². The Labute approximate surface area is 128 Å². The largest absolute Gasteiger partial charge is 0.511 e. The summed E-state index contributed by atoms with van der Waals surface area (Å²) < 4.78 is 5.85. The highest BCUT2D eigenvalue weighted by atomic mass is 16.5. The van der Waals surface area contributed by atoms with Crippen molar-refractivity contribution in [3.63, 3.8) is 0 Å². The molecule has 3 atom stereocenters. The molecule has 4 heteroatoms. The minimum Gasteiger partial charge on any atom is -0.511 e. The molecule has 0 saturated heterocycles. The van der Waals surface area contributed by atoms with Crippen LogP contribution < -0.4 is 0 Å². The van der Waals surface area contributed by atoms with E-state index < -0.39 is 22.9 Å². The molecule has 1 heterocycles. The second-order valence-electron chi connectivity index (χ2n) is 6.62. The predicted molar refractivity (Wildman–Crippen MR) is 80.2 cm³/mol. The van der Waals surface area contributed by atoms with Gasteiger partial charge in [0.2, 0.25) is 0 Å². The first-order chi connectivity index (χ1) is 10.4. The van der Waals surface area contributed by atoms with Crippen molar-refractivity contribution < 1.29 is 19.7 Å². The molecule has 1 aliphatic heterocycles. The monoisotopic (exact) mass is 298 g/mol. The van der Waals surface area contributed by atoms with E-state index in [1.807, 2.05) is 18.2 Å². The molecule has 0 amide bonds. The topological polar surface area (TPSA) is 66.8 Å². The summed E-state index contributed by atoms with van der Waals surface area (Å²) in [6.07, 6.45) is 3.84. The molecule has 3 aliphatic rings. The number of carbonyl (C=O) groups is 1. The number of Topliss-reactive ketones (excluding diaryl/α,β-unsaturated/α-hetero) is 1. The number of ether oxygens (including phenoxy) is 1. The highest BCUT2D eigenvalue weighted by Crippen LogP contribution is 2.64. The fourth-order valence-corrected chi connectivity index (χ4v) is 4.07. The third-order valence-electron chi connectivity index (χ3n) is 5.32. The molecule has 2 N–H and O–H groups in total. The van der Waals surface area contributed by atoms with Crippen molar-refractivity contribution in [1.82, 2.24) is 0 Å². The highest BCUT2D eigenvalue weighted by molar-refractivity contribution is 5.98. The van der Waals surface area contributed by atoms with E-state index in [0.717, 1.165) is 11.1 Å². The first-order valence-corrected chi connectivity index (χ1v) is 7.56. The second-order valence-corrected chi connectivity index (χ2v) is 6.62. The first-order valence-electron chi connectivity index (χ1n) is 7.56. The number of rotatable bonds is 1. The number of carbonyl (C=O) groups excluding carboxylic acids is 1. The van der Waals surface area contributed by atoms with Gasteiger partial charge in [-0.1, -0.05) is 32.0 Å². The molecule has 0 spiro atoms. The number of ketones is 1. The zero-order chi connectivity index (χ0) is 15.7. The van der Waals surface area contributed by atoms with E-state index >= 15 is 0 Å². The quantitative estimate of drug-likeness (QED) is 0.836. The van der Waals surface area contributed by atoms with E-state index in [-0.39, 0.29) is 5.76 Å². The Balaban J connectivity index is 2.01. The maximum absolute atomic E-state index is 12.9. The first kappa shape index (κ1) is 13.6. The van der Waals surface area contributed by atoms with E-state index in [1.54, 1.807) is 12.2 Å². The Hall–Kier alpha value is -2.07. The average Bonchev–Trinajstić information content (AvgIpc) is 3.03. The van der Waals surface area contributed by atoms with Crippen LogP contribution in [-0.4, -0.2) is 16.0 Å². The molecule has 0 aromatic heterocycles. The van der Waals surface area contributed by atoms with Crippen LogP contribution in [0, 0.1) is 5.41 Å². The molecule has 4 nitrogen and oxygen atoms in total. The molecule has 2 unspecified atom stereocenters. The van der Waals surface area contributed by atoms with Gasteiger partial charge in [-0.2, -0.15) is 0 Å². The van der Waals surface area contributed by atoms with Crippen LogP contribution in [0.2, 0.25) is 0 Å². The molecule has 1 aromatic carbocycles. The van der Waals surface area contributed by atoms with E-state index in [9.17, 15) is 15.0 Å². The Kier molecular flexibility index (Phi) is 2.48. The highest BCUT2D eigenvalue weighted by Gasteiger charge is 2.69. The summed E-state index contributed by atoms with van der Waals surface area (Å²) in [5, 5.41) is 20.9. The van der Waals surface area contributed by atoms with Gasteiger partial charge in [0.05, 0.1) is 6.26 Å². The normalized spacial score (nSPS) is 35.0. The zero-order valence-corrected chi connectivity index (χ0v) is 12.5. The van der Waals surface area contributed by atoms with Gasteiger partial charge in [-0.05, 0) is 29.2 Å². The number of aliphatic hydroxyl groups is 2. The summed E-state index contributed by atoms with van der Waals surface area (Å²) in [6, 6.07) is 5.81. The van der Waals surface area contributed by atoms with E-state index in [4.69, 9.17) is 4.74 Å². The van der Waals surface area contributed by atoms with Crippen molar-refractivity contribution in [3.05, 3.63) is 59.1 Å². The van der Waals surface area contributed by atoms with Crippen LogP contribution in [0.3, 0.4) is 0 Å². The summed E-state index contributed by atoms with van der Waals surface area (Å²) in [7, 11) is 0. The molecule has 0 radical (unpaired) electrons. The van der Waals surface area contributed by atoms with Gasteiger partial charge < -0.3 is 14.9 Å². The van der Waals surface area contributed by atoms with Crippen LogP contribution in [-0.2, 0) is 15.1 Å². The Morgan fingerprint density at radius 2 is 2.14 bits per heavy atom. The van der Waals surface area contributed by atoms with Gasteiger partial charge in [0.1, 0.15) is 11.9 Å². The molecule has 1 aromatic rings. The van der Waals surface area contributed by atoms with Gasteiger partial charge in [0.15, 0.2) is 16.8 Å².